The molecule has 0 atom stereocenters. The molecule has 2 aromatic carbocycles. The fraction of sp³-hybridized carbons (Fsp3) is 0.316. The Bertz CT molecular complexity index is 643. The molecule has 5 heteroatoms. The lowest BCUT2D eigenvalue weighted by Crippen LogP contribution is -2.11. The standard InChI is InChI=1S/C19H21ClO4/c1-2-23-19(21)12-16-8-9-17(20)13-18(16)24-11-10-22-14-15-6-4-3-5-7-15/h3-9,13H,2,10-12,14H2,1H3. The van der Waals surface area contributed by atoms with E-state index >= 15 is 0 Å². The minimum absolute atomic E-state index is 0.158. The van der Waals surface area contributed by atoms with Crippen LogP contribution >= 0.6 is 11.6 Å². The van der Waals surface area contributed by atoms with Crippen LogP contribution in [0, 0.1) is 0 Å². The topological polar surface area (TPSA) is 44.8 Å². The number of rotatable bonds is 9. The molecule has 24 heavy (non-hydrogen) atoms. The van der Waals surface area contributed by atoms with Crippen molar-refractivity contribution in [2.45, 2.75) is 20.0 Å². The first kappa shape index (κ1) is 18.3. The lowest BCUT2D eigenvalue weighted by atomic mass is 10.1. The summed E-state index contributed by atoms with van der Waals surface area (Å²) in [6.45, 7) is 3.50. The smallest absolute Gasteiger partial charge is 0.310 e. The van der Waals surface area contributed by atoms with Crippen molar-refractivity contribution >= 4 is 17.6 Å². The molecule has 0 aliphatic rings. The van der Waals surface area contributed by atoms with Gasteiger partial charge in [0.15, 0.2) is 0 Å². The van der Waals surface area contributed by atoms with Gasteiger partial charge in [0.1, 0.15) is 12.4 Å². The number of carbonyl (C=O) groups excluding carboxylic acids is 1. The maximum absolute atomic E-state index is 11.6. The minimum Gasteiger partial charge on any atom is -0.491 e. The second-order valence-electron chi connectivity index (χ2n) is 5.12. The van der Waals surface area contributed by atoms with Crippen molar-refractivity contribution in [2.24, 2.45) is 0 Å². The second kappa shape index (κ2) is 9.96. The number of carbonyl (C=O) groups is 1. The summed E-state index contributed by atoms with van der Waals surface area (Å²) < 4.78 is 16.3. The first-order valence-electron chi connectivity index (χ1n) is 7.87. The SMILES string of the molecule is CCOC(=O)Cc1ccc(Cl)cc1OCCOCc1ccccc1. The number of ether oxygens (including phenoxy) is 3. The fourth-order valence-electron chi connectivity index (χ4n) is 2.15. The molecule has 0 heterocycles. The number of halogens is 1. The van der Waals surface area contributed by atoms with Gasteiger partial charge in [-0.15, -0.1) is 0 Å². The minimum atomic E-state index is -0.287. The highest BCUT2D eigenvalue weighted by Crippen LogP contribution is 2.24. The van der Waals surface area contributed by atoms with Crippen LogP contribution in [0.15, 0.2) is 48.5 Å². The summed E-state index contributed by atoms with van der Waals surface area (Å²) in [5.41, 5.74) is 1.86. The molecule has 0 aliphatic carbocycles. The van der Waals surface area contributed by atoms with Crippen molar-refractivity contribution in [1.82, 2.24) is 0 Å². The van der Waals surface area contributed by atoms with Crippen LogP contribution < -0.4 is 4.74 Å². The van der Waals surface area contributed by atoms with Crippen molar-refractivity contribution in [3.63, 3.8) is 0 Å². The molecule has 0 aliphatic heterocycles. The molecule has 0 N–H and O–H groups in total. The van der Waals surface area contributed by atoms with E-state index < -0.39 is 0 Å². The highest BCUT2D eigenvalue weighted by molar-refractivity contribution is 6.30. The predicted octanol–water partition coefficient (Wildman–Crippen LogP) is 4.04. The van der Waals surface area contributed by atoms with Crippen LogP contribution in [0.2, 0.25) is 5.02 Å². The largest absolute Gasteiger partial charge is 0.491 e. The fourth-order valence-corrected chi connectivity index (χ4v) is 2.31. The zero-order valence-corrected chi connectivity index (χ0v) is 14.4. The molecule has 0 radical (unpaired) electrons. The van der Waals surface area contributed by atoms with E-state index in [1.807, 2.05) is 30.3 Å². The monoisotopic (exact) mass is 348 g/mol. The van der Waals surface area contributed by atoms with E-state index in [9.17, 15) is 4.79 Å². The van der Waals surface area contributed by atoms with Gasteiger partial charge in [-0.1, -0.05) is 48.0 Å². The summed E-state index contributed by atoms with van der Waals surface area (Å²) in [6.07, 6.45) is 0.158. The van der Waals surface area contributed by atoms with Crippen LogP contribution in [-0.4, -0.2) is 25.8 Å². The van der Waals surface area contributed by atoms with Crippen molar-refractivity contribution in [3.05, 3.63) is 64.7 Å². The highest BCUT2D eigenvalue weighted by atomic mass is 35.5. The van der Waals surface area contributed by atoms with Crippen LogP contribution in [-0.2, 0) is 27.3 Å². The van der Waals surface area contributed by atoms with Crippen LogP contribution in [0.5, 0.6) is 5.75 Å². The summed E-state index contributed by atoms with van der Waals surface area (Å²) in [7, 11) is 0. The Morgan fingerprint density at radius 2 is 1.88 bits per heavy atom. The average Bonchev–Trinajstić information content (AvgIpc) is 2.58. The molecule has 0 unspecified atom stereocenters. The Balaban J connectivity index is 1.82. The number of esters is 1. The van der Waals surface area contributed by atoms with E-state index in [2.05, 4.69) is 0 Å². The molecule has 0 fully saturated rings. The van der Waals surface area contributed by atoms with Gasteiger partial charge in [0.25, 0.3) is 0 Å². The maximum atomic E-state index is 11.6. The lowest BCUT2D eigenvalue weighted by Gasteiger charge is -2.12. The quantitative estimate of drug-likeness (QED) is 0.506. The van der Waals surface area contributed by atoms with Gasteiger partial charge in [0.2, 0.25) is 0 Å². The normalized spacial score (nSPS) is 10.4. The van der Waals surface area contributed by atoms with Gasteiger partial charge in [-0.25, -0.2) is 0 Å². The van der Waals surface area contributed by atoms with Crippen molar-refractivity contribution in [3.8, 4) is 5.75 Å². The third-order valence-corrected chi connectivity index (χ3v) is 3.50. The van der Waals surface area contributed by atoms with Crippen LogP contribution in [0.25, 0.3) is 0 Å². The van der Waals surface area contributed by atoms with Gasteiger partial charge in [-0.3, -0.25) is 4.79 Å². The molecule has 0 aromatic heterocycles. The molecule has 4 nitrogen and oxygen atoms in total. The van der Waals surface area contributed by atoms with Crippen LogP contribution in [0.1, 0.15) is 18.1 Å². The van der Waals surface area contributed by atoms with E-state index in [0.29, 0.717) is 37.2 Å². The second-order valence-corrected chi connectivity index (χ2v) is 5.56. The van der Waals surface area contributed by atoms with Crippen molar-refractivity contribution in [1.29, 1.82) is 0 Å². The number of benzene rings is 2. The molecule has 2 rings (SSSR count). The Morgan fingerprint density at radius 3 is 2.62 bits per heavy atom. The Labute approximate surface area is 147 Å². The van der Waals surface area contributed by atoms with Crippen molar-refractivity contribution in [2.75, 3.05) is 19.8 Å². The van der Waals surface area contributed by atoms with E-state index in [-0.39, 0.29) is 12.4 Å². The molecular weight excluding hydrogens is 328 g/mol. The molecule has 2 aromatic rings. The molecule has 128 valence electrons. The van der Waals surface area contributed by atoms with Crippen LogP contribution in [0.4, 0.5) is 0 Å². The Morgan fingerprint density at radius 1 is 1.08 bits per heavy atom. The van der Waals surface area contributed by atoms with Gasteiger partial charge in [0, 0.05) is 10.6 Å². The van der Waals surface area contributed by atoms with Gasteiger partial charge >= 0.3 is 5.97 Å². The summed E-state index contributed by atoms with van der Waals surface area (Å²) >= 11 is 6.01. The Kier molecular flexibility index (Phi) is 7.59. The van der Waals surface area contributed by atoms with E-state index in [4.69, 9.17) is 25.8 Å². The average molecular weight is 349 g/mol. The lowest BCUT2D eigenvalue weighted by molar-refractivity contribution is -0.142. The van der Waals surface area contributed by atoms with E-state index in [0.717, 1.165) is 11.1 Å². The molecular formula is C19H21ClO4. The van der Waals surface area contributed by atoms with Gasteiger partial charge in [-0.05, 0) is 24.6 Å². The van der Waals surface area contributed by atoms with Gasteiger partial charge in [0.05, 0.1) is 26.2 Å². The first-order valence-corrected chi connectivity index (χ1v) is 8.25. The van der Waals surface area contributed by atoms with E-state index in [1.54, 1.807) is 25.1 Å². The predicted molar refractivity (Wildman–Crippen MR) is 93.4 cm³/mol. The molecule has 0 saturated carbocycles. The summed E-state index contributed by atoms with van der Waals surface area (Å²) in [6, 6.07) is 15.1. The number of hydrogen-bond acceptors (Lipinski definition) is 4. The molecule has 0 saturated heterocycles. The van der Waals surface area contributed by atoms with Gasteiger partial charge < -0.3 is 14.2 Å². The highest BCUT2D eigenvalue weighted by Gasteiger charge is 2.10. The van der Waals surface area contributed by atoms with Gasteiger partial charge in [-0.2, -0.15) is 0 Å². The van der Waals surface area contributed by atoms with E-state index in [1.165, 1.54) is 0 Å². The summed E-state index contributed by atoms with van der Waals surface area (Å²) in [4.78, 5) is 11.6. The Hall–Kier alpha value is -2.04. The summed E-state index contributed by atoms with van der Waals surface area (Å²) in [5.74, 6) is 0.295. The third kappa shape index (κ3) is 6.22. The van der Waals surface area contributed by atoms with Crippen LogP contribution in [0.3, 0.4) is 0 Å². The zero-order valence-electron chi connectivity index (χ0n) is 13.7. The summed E-state index contributed by atoms with van der Waals surface area (Å²) in [5, 5.41) is 0.558. The zero-order chi connectivity index (χ0) is 17.2. The maximum Gasteiger partial charge on any atom is 0.310 e. The van der Waals surface area contributed by atoms with Crippen molar-refractivity contribution < 1.29 is 19.0 Å². The third-order valence-electron chi connectivity index (χ3n) is 3.27. The number of hydrogen-bond donors (Lipinski definition) is 0. The molecule has 0 spiro atoms. The first-order chi connectivity index (χ1) is 11.7. The molecule has 0 bridgehead atoms. The molecule has 0 amide bonds.